The summed E-state index contributed by atoms with van der Waals surface area (Å²) >= 11 is 0. The van der Waals surface area contributed by atoms with Crippen LogP contribution >= 0.6 is 0 Å². The molecule has 0 aliphatic heterocycles. The highest BCUT2D eigenvalue weighted by Crippen LogP contribution is 2.43. The molecule has 1 aliphatic rings. The lowest BCUT2D eigenvalue weighted by molar-refractivity contribution is 0.468. The first-order chi connectivity index (χ1) is 18.6. The molecule has 39 heavy (non-hydrogen) atoms. The number of aromatic hydroxyl groups is 2. The highest BCUT2D eigenvalue weighted by molar-refractivity contribution is 6.42. The van der Waals surface area contributed by atoms with Crippen LogP contribution in [0.15, 0.2) is 84.9 Å². The minimum atomic E-state index is -0.205. The van der Waals surface area contributed by atoms with Gasteiger partial charge in [0.2, 0.25) is 0 Å². The molecule has 1 unspecified atom stereocenters. The van der Waals surface area contributed by atoms with Crippen molar-refractivity contribution in [2.24, 2.45) is 0 Å². The van der Waals surface area contributed by atoms with Gasteiger partial charge in [0, 0.05) is 17.3 Å². The topological polar surface area (TPSA) is 43.7 Å². The molecule has 3 nitrogen and oxygen atoms in total. The lowest BCUT2D eigenvalue weighted by Crippen LogP contribution is -2.26. The molecule has 2 N–H and O–H groups in total. The van der Waals surface area contributed by atoms with Crippen LogP contribution in [-0.4, -0.2) is 25.9 Å². The Hall–Kier alpha value is -4.11. The molecular weight excluding hydrogens is 476 g/mol. The summed E-state index contributed by atoms with van der Waals surface area (Å²) in [5.41, 5.74) is 5.20. The number of para-hydroxylation sites is 1. The van der Waals surface area contributed by atoms with E-state index in [1.165, 1.54) is 22.1 Å². The zero-order valence-electron chi connectivity index (χ0n) is 22.8. The van der Waals surface area contributed by atoms with Crippen molar-refractivity contribution < 1.29 is 10.2 Å². The number of fused-ring (bicyclic) bond motifs is 1. The molecule has 5 rings (SSSR count). The van der Waals surface area contributed by atoms with E-state index in [9.17, 15) is 10.2 Å². The van der Waals surface area contributed by atoms with Gasteiger partial charge in [-0.3, -0.25) is 0 Å². The molecule has 4 aromatic carbocycles. The Labute approximate surface area is 233 Å². The molecule has 1 atom stereocenters. The summed E-state index contributed by atoms with van der Waals surface area (Å²) in [5.74, 6) is -0.262. The van der Waals surface area contributed by atoms with Gasteiger partial charge in [-0.15, -0.1) is 0 Å². The predicted molar refractivity (Wildman–Crippen MR) is 165 cm³/mol. The summed E-state index contributed by atoms with van der Waals surface area (Å²) in [6.45, 7) is 8.55. The maximum Gasteiger partial charge on any atom is 0.132 e. The van der Waals surface area contributed by atoms with Crippen molar-refractivity contribution in [1.29, 1.82) is 0 Å². The third kappa shape index (κ3) is 5.02. The van der Waals surface area contributed by atoms with Gasteiger partial charge >= 0.3 is 0 Å². The Morgan fingerprint density at radius 2 is 1.59 bits per heavy atom. The zero-order chi connectivity index (χ0) is 27.9. The van der Waals surface area contributed by atoms with Gasteiger partial charge in [-0.2, -0.15) is 0 Å². The van der Waals surface area contributed by atoms with Gasteiger partial charge in [-0.05, 0) is 69.2 Å². The van der Waals surface area contributed by atoms with E-state index in [0.717, 1.165) is 22.5 Å². The Bertz CT molecular complexity index is 1670. The van der Waals surface area contributed by atoms with Crippen LogP contribution in [0, 0.1) is 6.92 Å². The summed E-state index contributed by atoms with van der Waals surface area (Å²) < 4.78 is 0. The number of hydrogen-bond acceptors (Lipinski definition) is 3. The molecular formula is C34H31B2NO2. The van der Waals surface area contributed by atoms with Crippen molar-refractivity contribution in [3.63, 3.8) is 0 Å². The fourth-order valence-corrected chi connectivity index (χ4v) is 5.24. The van der Waals surface area contributed by atoms with Crippen molar-refractivity contribution in [3.8, 4) is 11.5 Å². The second-order valence-electron chi connectivity index (χ2n) is 11.1. The van der Waals surface area contributed by atoms with E-state index in [1.54, 1.807) is 0 Å². The molecule has 0 saturated heterocycles. The highest BCUT2D eigenvalue weighted by atomic mass is 16.3. The van der Waals surface area contributed by atoms with E-state index in [-0.39, 0.29) is 39.4 Å². The maximum atomic E-state index is 11.1. The van der Waals surface area contributed by atoms with Crippen LogP contribution in [0.3, 0.4) is 0 Å². The van der Waals surface area contributed by atoms with Crippen LogP contribution < -0.4 is 26.3 Å². The van der Waals surface area contributed by atoms with Crippen molar-refractivity contribution in [2.75, 3.05) is 4.90 Å². The molecule has 0 heterocycles. The standard InChI is InChI=1S/C34H31B2NO2/c1-21-9-7-10-23-11-8-12-24(19-26(21)23)22-15-17-25(18-16-22)37(29-14-6-5-13-27(29)34(2,3)4)32-31(36)30(38)20-28(35)33(32)39/h5-20,24,38-39H,1-4H3. The first-order valence-electron chi connectivity index (χ1n) is 13.1. The van der Waals surface area contributed by atoms with Crippen LogP contribution in [0.5, 0.6) is 11.5 Å². The molecule has 0 aromatic heterocycles. The van der Waals surface area contributed by atoms with Gasteiger partial charge in [0.1, 0.15) is 27.2 Å². The van der Waals surface area contributed by atoms with Gasteiger partial charge in [0.15, 0.2) is 0 Å². The van der Waals surface area contributed by atoms with Crippen molar-refractivity contribution in [2.45, 2.75) is 39.0 Å². The normalized spacial score (nSPS) is 14.6. The average Bonchev–Trinajstić information content (AvgIpc) is 3.13. The number of allylic oxidation sites excluding steroid dienone is 2. The number of phenols is 2. The smallest absolute Gasteiger partial charge is 0.132 e. The van der Waals surface area contributed by atoms with E-state index >= 15 is 0 Å². The van der Waals surface area contributed by atoms with Crippen molar-refractivity contribution >= 4 is 55.8 Å². The Balaban J connectivity index is 1.68. The monoisotopic (exact) mass is 507 g/mol. The minimum absolute atomic E-state index is 0.0510. The fourth-order valence-electron chi connectivity index (χ4n) is 5.24. The maximum absolute atomic E-state index is 11.1. The molecule has 4 radical (unpaired) electrons. The van der Waals surface area contributed by atoms with Crippen LogP contribution in [0.2, 0.25) is 0 Å². The SMILES string of the molecule is [B]c1cc(O)c([B])c(N(c2ccc(C3C=CC=c4cccc(C)c4=C3)cc2)c2ccccc2C(C)(C)C)c1O. The quantitative estimate of drug-likeness (QED) is 0.312. The summed E-state index contributed by atoms with van der Waals surface area (Å²) in [7, 11) is 12.5. The number of nitrogens with zero attached hydrogens (tertiary/aromatic N) is 1. The number of phenolic OH excluding ortho intramolecular Hbond substituents is 2. The molecule has 5 heteroatoms. The molecule has 0 amide bonds. The van der Waals surface area contributed by atoms with E-state index in [1.807, 2.05) is 35.2 Å². The molecule has 0 spiro atoms. The third-order valence-electron chi connectivity index (χ3n) is 7.33. The zero-order valence-corrected chi connectivity index (χ0v) is 22.8. The average molecular weight is 507 g/mol. The summed E-state index contributed by atoms with van der Waals surface area (Å²) in [6.07, 6.45) is 8.75. The van der Waals surface area contributed by atoms with Crippen LogP contribution in [0.1, 0.15) is 43.4 Å². The second kappa shape index (κ2) is 10.2. The van der Waals surface area contributed by atoms with Gasteiger partial charge in [0.25, 0.3) is 0 Å². The van der Waals surface area contributed by atoms with E-state index in [2.05, 4.69) is 88.4 Å². The Kier molecular flexibility index (Phi) is 6.94. The number of benzene rings is 4. The van der Waals surface area contributed by atoms with Gasteiger partial charge < -0.3 is 15.1 Å². The number of aryl methyl sites for hydroxylation is 1. The number of rotatable bonds is 4. The van der Waals surface area contributed by atoms with E-state index in [0.29, 0.717) is 0 Å². The fraction of sp³-hybridized carbons (Fsp3) is 0.176. The van der Waals surface area contributed by atoms with Gasteiger partial charge in [-0.1, -0.05) is 99.1 Å². The Morgan fingerprint density at radius 3 is 2.31 bits per heavy atom. The summed E-state index contributed by atoms with van der Waals surface area (Å²) in [6, 6.07) is 23.9. The van der Waals surface area contributed by atoms with Gasteiger partial charge in [0.05, 0.1) is 5.69 Å². The molecule has 0 fully saturated rings. The van der Waals surface area contributed by atoms with E-state index < -0.39 is 0 Å². The predicted octanol–water partition coefficient (Wildman–Crippen LogP) is 4.68. The molecule has 0 saturated carbocycles. The summed E-state index contributed by atoms with van der Waals surface area (Å²) in [5, 5.41) is 24.1. The van der Waals surface area contributed by atoms with Crippen LogP contribution in [0.25, 0.3) is 12.2 Å². The lowest BCUT2D eigenvalue weighted by Gasteiger charge is -2.34. The molecule has 0 bridgehead atoms. The van der Waals surface area contributed by atoms with E-state index in [4.69, 9.17) is 15.7 Å². The van der Waals surface area contributed by atoms with Gasteiger partial charge in [-0.25, -0.2) is 0 Å². The van der Waals surface area contributed by atoms with Crippen molar-refractivity contribution in [3.05, 3.63) is 112 Å². The number of hydrogen-bond donors (Lipinski definition) is 2. The summed E-state index contributed by atoms with van der Waals surface area (Å²) in [4.78, 5) is 1.88. The minimum Gasteiger partial charge on any atom is -0.509 e. The first-order valence-corrected chi connectivity index (χ1v) is 13.1. The number of anilines is 3. The Morgan fingerprint density at radius 1 is 0.872 bits per heavy atom. The third-order valence-corrected chi connectivity index (χ3v) is 7.33. The van der Waals surface area contributed by atoms with Crippen LogP contribution in [0.4, 0.5) is 17.1 Å². The second-order valence-corrected chi connectivity index (χ2v) is 11.1. The first kappa shape index (κ1) is 26.5. The largest absolute Gasteiger partial charge is 0.509 e. The van der Waals surface area contributed by atoms with Crippen molar-refractivity contribution in [1.82, 2.24) is 0 Å². The highest BCUT2D eigenvalue weighted by Gasteiger charge is 2.27. The lowest BCUT2D eigenvalue weighted by atomic mass is 9.82. The molecule has 190 valence electrons. The molecule has 1 aliphatic carbocycles. The van der Waals surface area contributed by atoms with Crippen LogP contribution in [-0.2, 0) is 5.41 Å². The molecule has 4 aromatic rings.